The molecular formula is C24H32N6OS2. The molecule has 176 valence electrons. The molecule has 0 aliphatic carbocycles. The first kappa shape index (κ1) is 23.8. The lowest BCUT2D eigenvalue weighted by molar-refractivity contribution is -0.130. The third-order valence-corrected chi connectivity index (χ3v) is 7.96. The number of nitrogens with zero attached hydrogens (tertiary/aromatic N) is 6. The van der Waals surface area contributed by atoms with Gasteiger partial charge in [0.25, 0.3) is 0 Å². The summed E-state index contributed by atoms with van der Waals surface area (Å²) in [5, 5.41) is 11.6. The average molecular weight is 485 g/mol. The third-order valence-electron chi connectivity index (χ3n) is 6.10. The second-order valence-electron chi connectivity index (χ2n) is 8.11. The van der Waals surface area contributed by atoms with Gasteiger partial charge in [-0.05, 0) is 49.6 Å². The van der Waals surface area contributed by atoms with Crippen molar-refractivity contribution in [2.24, 2.45) is 7.05 Å². The first-order valence-electron chi connectivity index (χ1n) is 11.5. The van der Waals surface area contributed by atoms with Crippen LogP contribution >= 0.6 is 23.1 Å². The summed E-state index contributed by atoms with van der Waals surface area (Å²) in [6.45, 7) is 10.7. The van der Waals surface area contributed by atoms with Gasteiger partial charge in [-0.3, -0.25) is 9.69 Å². The summed E-state index contributed by atoms with van der Waals surface area (Å²) < 4.78 is 1.98. The SMILES string of the molecule is CCN(CC)c1ccc(-c2nnc(SCC(=O)N3CCN(Cc4cccs4)CC3)n2C)cc1. The van der Waals surface area contributed by atoms with Gasteiger partial charge in [0.2, 0.25) is 5.91 Å². The maximum Gasteiger partial charge on any atom is 0.233 e. The number of rotatable bonds is 9. The summed E-state index contributed by atoms with van der Waals surface area (Å²) >= 11 is 3.25. The Hall–Kier alpha value is -2.36. The molecule has 1 fully saturated rings. The van der Waals surface area contributed by atoms with Crippen molar-refractivity contribution in [3.05, 3.63) is 46.7 Å². The molecule has 1 amide bonds. The fourth-order valence-electron chi connectivity index (χ4n) is 4.10. The lowest BCUT2D eigenvalue weighted by Gasteiger charge is -2.34. The predicted molar refractivity (Wildman–Crippen MR) is 137 cm³/mol. The minimum absolute atomic E-state index is 0.170. The fourth-order valence-corrected chi connectivity index (χ4v) is 5.66. The number of thioether (sulfide) groups is 1. The average Bonchev–Trinajstić information content (AvgIpc) is 3.49. The molecule has 3 aromatic rings. The van der Waals surface area contributed by atoms with Crippen LogP contribution in [-0.2, 0) is 18.4 Å². The maximum absolute atomic E-state index is 12.8. The maximum atomic E-state index is 12.8. The molecule has 4 rings (SSSR count). The summed E-state index contributed by atoms with van der Waals surface area (Å²) in [7, 11) is 1.96. The molecule has 7 nitrogen and oxygen atoms in total. The second kappa shape index (κ2) is 11.2. The zero-order valence-corrected chi connectivity index (χ0v) is 21.2. The molecule has 2 aromatic heterocycles. The van der Waals surface area contributed by atoms with Gasteiger partial charge in [-0.25, -0.2) is 0 Å². The number of carbonyl (C=O) groups excluding carboxylic acids is 1. The van der Waals surface area contributed by atoms with Gasteiger partial charge in [0, 0.05) is 69.0 Å². The van der Waals surface area contributed by atoms with Gasteiger partial charge in [0.1, 0.15) is 0 Å². The molecule has 1 aliphatic rings. The highest BCUT2D eigenvalue weighted by atomic mass is 32.2. The molecule has 1 saturated heterocycles. The van der Waals surface area contributed by atoms with Gasteiger partial charge in [0.05, 0.1) is 5.75 Å². The first-order chi connectivity index (χ1) is 16.1. The Bertz CT molecular complexity index is 1020. The number of hydrogen-bond acceptors (Lipinski definition) is 7. The molecule has 0 atom stereocenters. The summed E-state index contributed by atoms with van der Waals surface area (Å²) in [6, 6.07) is 12.7. The molecule has 33 heavy (non-hydrogen) atoms. The predicted octanol–water partition coefficient (Wildman–Crippen LogP) is 3.83. The first-order valence-corrected chi connectivity index (χ1v) is 13.4. The Morgan fingerprint density at radius 1 is 1.06 bits per heavy atom. The van der Waals surface area contributed by atoms with Crippen LogP contribution in [0.25, 0.3) is 11.4 Å². The van der Waals surface area contributed by atoms with Crippen LogP contribution in [0.5, 0.6) is 0 Å². The molecule has 0 N–H and O–H groups in total. The molecule has 0 unspecified atom stereocenters. The van der Waals surface area contributed by atoms with E-state index in [4.69, 9.17) is 0 Å². The number of benzene rings is 1. The highest BCUT2D eigenvalue weighted by Gasteiger charge is 2.22. The Morgan fingerprint density at radius 2 is 1.79 bits per heavy atom. The van der Waals surface area contributed by atoms with Gasteiger partial charge in [-0.1, -0.05) is 17.8 Å². The van der Waals surface area contributed by atoms with Gasteiger partial charge in [0.15, 0.2) is 11.0 Å². The quantitative estimate of drug-likeness (QED) is 0.430. The number of piperazine rings is 1. The van der Waals surface area contributed by atoms with Crippen LogP contribution in [-0.4, -0.2) is 75.5 Å². The van der Waals surface area contributed by atoms with E-state index in [1.165, 1.54) is 22.3 Å². The van der Waals surface area contributed by atoms with Crippen LogP contribution < -0.4 is 4.90 Å². The van der Waals surface area contributed by atoms with Gasteiger partial charge < -0.3 is 14.4 Å². The fraction of sp³-hybridized carbons (Fsp3) is 0.458. The van der Waals surface area contributed by atoms with Crippen molar-refractivity contribution in [2.75, 3.05) is 49.9 Å². The third kappa shape index (κ3) is 5.77. The van der Waals surface area contributed by atoms with E-state index in [0.717, 1.165) is 62.4 Å². The molecule has 3 heterocycles. The zero-order valence-electron chi connectivity index (χ0n) is 19.6. The van der Waals surface area contributed by atoms with Crippen molar-refractivity contribution < 1.29 is 4.79 Å². The number of hydrogen-bond donors (Lipinski definition) is 0. The second-order valence-corrected chi connectivity index (χ2v) is 10.1. The van der Waals surface area contributed by atoms with Crippen molar-refractivity contribution in [3.8, 4) is 11.4 Å². The van der Waals surface area contributed by atoms with Crippen molar-refractivity contribution in [3.63, 3.8) is 0 Å². The molecule has 1 aliphatic heterocycles. The van der Waals surface area contributed by atoms with Crippen LogP contribution in [0.1, 0.15) is 18.7 Å². The van der Waals surface area contributed by atoms with E-state index in [2.05, 4.69) is 75.6 Å². The van der Waals surface area contributed by atoms with E-state index in [1.54, 1.807) is 11.3 Å². The highest BCUT2D eigenvalue weighted by molar-refractivity contribution is 7.99. The Balaban J connectivity index is 1.29. The Morgan fingerprint density at radius 3 is 2.42 bits per heavy atom. The van der Waals surface area contributed by atoms with Crippen LogP contribution in [0.15, 0.2) is 46.9 Å². The van der Waals surface area contributed by atoms with Crippen LogP contribution in [0.4, 0.5) is 5.69 Å². The van der Waals surface area contributed by atoms with Crippen molar-refractivity contribution in [1.29, 1.82) is 0 Å². The number of thiophene rings is 1. The van der Waals surface area contributed by atoms with E-state index >= 15 is 0 Å². The number of carbonyl (C=O) groups is 1. The van der Waals surface area contributed by atoms with E-state index < -0.39 is 0 Å². The standard InChI is InChI=1S/C24H32N6OS2/c1-4-29(5-2)20-10-8-19(9-11-20)23-25-26-24(27(23)3)33-18-22(31)30-14-12-28(13-15-30)17-21-7-6-16-32-21/h6-11,16H,4-5,12-15,17-18H2,1-3H3. The van der Waals surface area contributed by atoms with Gasteiger partial charge in [-0.2, -0.15) is 0 Å². The molecule has 0 bridgehead atoms. The van der Waals surface area contributed by atoms with Crippen molar-refractivity contribution in [2.45, 2.75) is 25.5 Å². The lowest BCUT2D eigenvalue weighted by atomic mass is 10.2. The van der Waals surface area contributed by atoms with E-state index in [-0.39, 0.29) is 5.91 Å². The topological polar surface area (TPSA) is 57.5 Å². The largest absolute Gasteiger partial charge is 0.372 e. The molecule has 0 saturated carbocycles. The monoisotopic (exact) mass is 484 g/mol. The summed E-state index contributed by atoms with van der Waals surface area (Å²) in [6.07, 6.45) is 0. The van der Waals surface area contributed by atoms with Gasteiger partial charge >= 0.3 is 0 Å². The lowest BCUT2D eigenvalue weighted by Crippen LogP contribution is -2.48. The molecule has 0 spiro atoms. The number of anilines is 1. The summed E-state index contributed by atoms with van der Waals surface area (Å²) in [5.74, 6) is 1.37. The minimum Gasteiger partial charge on any atom is -0.372 e. The van der Waals surface area contributed by atoms with Gasteiger partial charge in [-0.15, -0.1) is 21.5 Å². The van der Waals surface area contributed by atoms with Crippen LogP contribution in [0.3, 0.4) is 0 Å². The van der Waals surface area contributed by atoms with E-state index in [0.29, 0.717) is 5.75 Å². The number of aromatic nitrogens is 3. The zero-order chi connectivity index (χ0) is 23.2. The molecule has 1 aromatic carbocycles. The van der Waals surface area contributed by atoms with E-state index in [1.807, 2.05) is 16.5 Å². The molecule has 0 radical (unpaired) electrons. The van der Waals surface area contributed by atoms with Crippen LogP contribution in [0.2, 0.25) is 0 Å². The van der Waals surface area contributed by atoms with Crippen LogP contribution in [0, 0.1) is 0 Å². The normalized spacial score (nSPS) is 14.6. The highest BCUT2D eigenvalue weighted by Crippen LogP contribution is 2.25. The smallest absolute Gasteiger partial charge is 0.233 e. The Labute approximate surface area is 204 Å². The van der Waals surface area contributed by atoms with Crippen molar-refractivity contribution in [1.82, 2.24) is 24.6 Å². The van der Waals surface area contributed by atoms with E-state index in [9.17, 15) is 4.79 Å². The Kier molecular flexibility index (Phi) is 8.06. The summed E-state index contributed by atoms with van der Waals surface area (Å²) in [4.78, 5) is 20.9. The summed E-state index contributed by atoms with van der Waals surface area (Å²) in [5.41, 5.74) is 2.24. The molecule has 9 heteroatoms. The minimum atomic E-state index is 0.170. The van der Waals surface area contributed by atoms with Crippen molar-refractivity contribution >= 4 is 34.7 Å². The molecular weight excluding hydrogens is 452 g/mol. The number of amides is 1.